The highest BCUT2D eigenvalue weighted by atomic mass is 31.1. The average Bonchev–Trinajstić information content (AvgIpc) is 2.77. The molecule has 0 aromatic rings. The lowest BCUT2D eigenvalue weighted by Gasteiger charge is -2.23. The minimum absolute atomic E-state index is 0.00479. The van der Waals surface area contributed by atoms with Crippen molar-refractivity contribution in [3.05, 3.63) is 0 Å². The van der Waals surface area contributed by atoms with Crippen molar-refractivity contribution in [2.45, 2.75) is 129 Å². The fourth-order valence-electron chi connectivity index (χ4n) is 4.25. The van der Waals surface area contributed by atoms with Gasteiger partial charge < -0.3 is 14.7 Å². The number of Topliss-reactive ketones (excluding diaryl/α,β-unsaturated/α-hetero) is 1. The van der Waals surface area contributed by atoms with Crippen molar-refractivity contribution >= 4 is 30.9 Å². The molecule has 0 aliphatic carbocycles. The van der Waals surface area contributed by atoms with Gasteiger partial charge in [0.05, 0.1) is 27.7 Å². The van der Waals surface area contributed by atoms with Gasteiger partial charge in [-0.15, -0.1) is 0 Å². The topological polar surface area (TPSA) is 101 Å². The van der Waals surface area contributed by atoms with Crippen LogP contribution in [0.4, 0.5) is 0 Å². The minimum Gasteiger partial charge on any atom is -0.360 e. The van der Waals surface area contributed by atoms with E-state index in [1.165, 1.54) is 64.7 Å². The maximum absolute atomic E-state index is 12.5. The van der Waals surface area contributed by atoms with Gasteiger partial charge in [0, 0.05) is 45.1 Å². The summed E-state index contributed by atoms with van der Waals surface area (Å²) in [6.45, 7) is 4.35. The molecule has 2 atom stereocenters. The van der Waals surface area contributed by atoms with Crippen molar-refractivity contribution in [1.29, 1.82) is 0 Å². The van der Waals surface area contributed by atoms with E-state index in [2.05, 4.69) is 12.2 Å². The zero-order chi connectivity index (χ0) is 27.4. The van der Waals surface area contributed by atoms with Gasteiger partial charge >= 0.3 is 0 Å². The zero-order valence-corrected chi connectivity index (χ0v) is 24.7. The summed E-state index contributed by atoms with van der Waals surface area (Å²) in [5.74, 6) is -0.326. The molecular weight excluding hydrogens is 475 g/mol. The largest absolute Gasteiger partial charge is 0.360 e. The predicted molar refractivity (Wildman–Crippen MR) is 149 cm³/mol. The molecule has 2 N–H and O–H groups in total. The fraction of sp³-hybridized carbons (Fsp3) is 0.857. The molecule has 8 heteroatoms. The number of hydrogen-bond donors (Lipinski definition) is 2. The van der Waals surface area contributed by atoms with E-state index < -0.39 is 25.2 Å². The summed E-state index contributed by atoms with van der Waals surface area (Å²) in [5.41, 5.74) is -1.01. The molecule has 7 nitrogen and oxygen atoms in total. The Kier molecular flexibility index (Phi) is 20.2. The van der Waals surface area contributed by atoms with Crippen LogP contribution in [-0.4, -0.2) is 65.8 Å². The Hall–Kier alpha value is -1.17. The number of nitrogens with one attached hydrogen (secondary N) is 1. The van der Waals surface area contributed by atoms with E-state index in [4.69, 9.17) is 0 Å². The molecule has 0 fully saturated rings. The molecule has 0 aliphatic heterocycles. The molecule has 0 radical (unpaired) electrons. The zero-order valence-electron chi connectivity index (χ0n) is 23.8. The van der Waals surface area contributed by atoms with E-state index in [-0.39, 0.29) is 31.0 Å². The lowest BCUT2D eigenvalue weighted by Crippen LogP contribution is -2.36. The van der Waals surface area contributed by atoms with Gasteiger partial charge in [-0.1, -0.05) is 77.6 Å². The van der Waals surface area contributed by atoms with Crippen LogP contribution in [0.15, 0.2) is 0 Å². The van der Waals surface area contributed by atoms with E-state index in [9.17, 15) is 24.1 Å². The maximum Gasteiger partial charge on any atom is 0.217 e. The van der Waals surface area contributed by atoms with E-state index in [1.807, 2.05) is 21.1 Å². The van der Waals surface area contributed by atoms with Gasteiger partial charge in [0.15, 0.2) is 19.2 Å². The summed E-state index contributed by atoms with van der Waals surface area (Å²) < 4.78 is 0.705. The number of carbonyl (C=O) groups excluding carboxylic acids is 4. The van der Waals surface area contributed by atoms with Gasteiger partial charge in [-0.3, -0.25) is 19.2 Å². The lowest BCUT2D eigenvalue weighted by molar-refractivity contribution is -0.870. The number of ketones is 1. The summed E-state index contributed by atoms with van der Waals surface area (Å²) in [6.07, 6.45) is 15.8. The molecule has 0 aromatic heterocycles. The second kappa shape index (κ2) is 20.8. The number of rotatable bonds is 24. The van der Waals surface area contributed by atoms with Crippen molar-refractivity contribution in [3.8, 4) is 0 Å². The number of carbonyl (C=O) groups is 4. The highest BCUT2D eigenvalue weighted by Crippen LogP contribution is 2.36. The van der Waals surface area contributed by atoms with E-state index >= 15 is 0 Å². The molecule has 2 unspecified atom stereocenters. The highest BCUT2D eigenvalue weighted by molar-refractivity contribution is 7.84. The Balaban J connectivity index is 4.20. The van der Waals surface area contributed by atoms with Crippen LogP contribution in [-0.2, 0) is 19.2 Å². The van der Waals surface area contributed by atoms with Gasteiger partial charge in [-0.05, 0) is 6.42 Å². The van der Waals surface area contributed by atoms with Crippen LogP contribution in [0.3, 0.4) is 0 Å². The van der Waals surface area contributed by atoms with Gasteiger partial charge in [0.1, 0.15) is 5.78 Å². The molecule has 0 saturated heterocycles. The van der Waals surface area contributed by atoms with Crippen molar-refractivity contribution in [1.82, 2.24) is 5.32 Å². The van der Waals surface area contributed by atoms with E-state index in [0.29, 0.717) is 17.3 Å². The fourth-order valence-corrected chi connectivity index (χ4v) is 5.29. The van der Waals surface area contributed by atoms with E-state index in [0.717, 1.165) is 25.8 Å². The van der Waals surface area contributed by atoms with Gasteiger partial charge in [0.2, 0.25) is 5.91 Å². The van der Waals surface area contributed by atoms with Gasteiger partial charge in [-0.25, -0.2) is 0 Å². The van der Waals surface area contributed by atoms with Crippen LogP contribution in [0.5, 0.6) is 0 Å². The molecule has 0 bridgehead atoms. The number of hydrogen-bond acceptors (Lipinski definition) is 5. The van der Waals surface area contributed by atoms with Crippen molar-refractivity contribution in [2.75, 3.05) is 27.7 Å². The molecule has 210 valence electrons. The van der Waals surface area contributed by atoms with E-state index in [1.54, 1.807) is 0 Å². The van der Waals surface area contributed by atoms with Crippen LogP contribution in [0, 0.1) is 0 Å². The predicted octanol–water partition coefficient (Wildman–Crippen LogP) is 5.86. The SMILES string of the molecule is CCCCCCCCCCCCCCC(=O)CC(CC(=O)P(O)C(=O)CCC[N+](C)(C)C)NC(C)=O. The Bertz CT molecular complexity index is 648. The number of quaternary nitrogens is 1. The maximum atomic E-state index is 12.5. The molecule has 36 heavy (non-hydrogen) atoms. The van der Waals surface area contributed by atoms with Crippen molar-refractivity contribution < 1.29 is 28.6 Å². The van der Waals surface area contributed by atoms with Crippen LogP contribution < -0.4 is 5.32 Å². The first-order chi connectivity index (χ1) is 17.0. The van der Waals surface area contributed by atoms with Crippen LogP contribution in [0.2, 0.25) is 0 Å². The summed E-state index contributed by atoms with van der Waals surface area (Å²) in [5, 5.41) is 2.65. The first kappa shape index (κ1) is 34.8. The second-order valence-electron chi connectivity index (χ2n) is 11.2. The lowest BCUT2D eigenvalue weighted by atomic mass is 10.0. The second-order valence-corrected chi connectivity index (χ2v) is 12.8. The number of amides is 1. The Morgan fingerprint density at radius 1 is 0.722 bits per heavy atom. The van der Waals surface area contributed by atoms with Crippen LogP contribution >= 0.6 is 8.15 Å². The molecular formula is C28H54N2O5P+. The Morgan fingerprint density at radius 3 is 1.69 bits per heavy atom. The first-order valence-electron chi connectivity index (χ1n) is 14.1. The molecule has 1 amide bonds. The van der Waals surface area contributed by atoms with Crippen LogP contribution in [0.1, 0.15) is 123 Å². The third-order valence-corrected chi connectivity index (χ3v) is 7.65. The van der Waals surface area contributed by atoms with Crippen molar-refractivity contribution in [2.24, 2.45) is 0 Å². The Labute approximate surface area is 221 Å². The molecule has 0 heterocycles. The highest BCUT2D eigenvalue weighted by Gasteiger charge is 2.28. The molecule has 0 aromatic carbocycles. The first-order valence-corrected chi connectivity index (χ1v) is 15.4. The normalized spacial score (nSPS) is 13.3. The standard InChI is InChI=1S/C28H53N2O5P/c1-6-7-8-9-10-11-12-13-14-15-16-17-19-26(32)22-25(29-24(2)31)23-28(34)36(35)27(33)20-18-21-30(3,4)5/h25,35H,6-23H2,1-5H3/p+1. The number of nitrogens with zero attached hydrogens (tertiary/aromatic N) is 1. The van der Waals surface area contributed by atoms with Gasteiger partial charge in [0.25, 0.3) is 0 Å². The minimum atomic E-state index is -2.41. The molecule has 0 aliphatic rings. The number of unbranched alkanes of at least 4 members (excludes halogenated alkanes) is 11. The summed E-state index contributed by atoms with van der Waals surface area (Å²) >= 11 is 0. The van der Waals surface area contributed by atoms with Gasteiger partial charge in [-0.2, -0.15) is 0 Å². The van der Waals surface area contributed by atoms with Crippen molar-refractivity contribution in [3.63, 3.8) is 0 Å². The molecule has 0 saturated carbocycles. The smallest absolute Gasteiger partial charge is 0.217 e. The summed E-state index contributed by atoms with van der Waals surface area (Å²) in [4.78, 5) is 59.0. The monoisotopic (exact) mass is 529 g/mol. The third kappa shape index (κ3) is 21.0. The average molecular weight is 530 g/mol. The van der Waals surface area contributed by atoms with Crippen LogP contribution in [0.25, 0.3) is 0 Å². The summed E-state index contributed by atoms with van der Waals surface area (Å²) in [6, 6.07) is -0.670. The Morgan fingerprint density at radius 2 is 1.22 bits per heavy atom. The summed E-state index contributed by atoms with van der Waals surface area (Å²) in [7, 11) is 3.65. The quantitative estimate of drug-likeness (QED) is 0.0927. The molecule has 0 rings (SSSR count). The molecule has 0 spiro atoms. The third-order valence-electron chi connectivity index (χ3n) is 6.30.